The monoisotopic (exact) mass is 284 g/mol. The van der Waals surface area contributed by atoms with Crippen LogP contribution >= 0.6 is 0 Å². The van der Waals surface area contributed by atoms with E-state index in [1.165, 1.54) is 25.3 Å². The van der Waals surface area contributed by atoms with Gasteiger partial charge in [0.05, 0.1) is 12.7 Å². The Labute approximate surface area is 112 Å². The predicted molar refractivity (Wildman–Crippen MR) is 66.7 cm³/mol. The summed E-state index contributed by atoms with van der Waals surface area (Å²) in [6, 6.07) is 5.76. The summed E-state index contributed by atoms with van der Waals surface area (Å²) in [5.74, 6) is 0.626. The van der Waals surface area contributed by atoms with Crippen LogP contribution in [0.4, 0.5) is 13.2 Å². The molecular weight excluding hydrogens is 273 g/mol. The van der Waals surface area contributed by atoms with Crippen LogP contribution in [0.25, 0.3) is 11.1 Å². The molecule has 0 spiro atoms. The van der Waals surface area contributed by atoms with Gasteiger partial charge in [-0.25, -0.2) is 4.79 Å². The summed E-state index contributed by atoms with van der Waals surface area (Å²) in [4.78, 5) is 11.8. The Kier molecular flexibility index (Phi) is 3.57. The average Bonchev–Trinajstić information content (AvgIpc) is 2.37. The van der Waals surface area contributed by atoms with E-state index in [9.17, 15) is 18.0 Å². The van der Waals surface area contributed by atoms with Crippen molar-refractivity contribution >= 4 is 0 Å². The molecule has 1 heterocycles. The van der Waals surface area contributed by atoms with Crippen LogP contribution in [0.1, 0.15) is 11.3 Å². The molecule has 0 N–H and O–H groups in total. The number of hydrogen-bond acceptors (Lipinski definition) is 3. The van der Waals surface area contributed by atoms with Crippen molar-refractivity contribution in [1.29, 1.82) is 0 Å². The second-order valence-corrected chi connectivity index (χ2v) is 4.16. The molecule has 0 fully saturated rings. The molecule has 6 heteroatoms. The molecule has 2 rings (SSSR count). The van der Waals surface area contributed by atoms with Crippen molar-refractivity contribution < 1.29 is 22.3 Å². The number of halogens is 3. The summed E-state index contributed by atoms with van der Waals surface area (Å²) in [6.07, 6.45) is -4.42. The number of ether oxygens (including phenoxy) is 1. The van der Waals surface area contributed by atoms with E-state index in [2.05, 4.69) is 0 Å². The quantitative estimate of drug-likeness (QED) is 0.845. The third kappa shape index (κ3) is 2.68. The number of benzene rings is 1. The highest BCUT2D eigenvalue weighted by Gasteiger charge is 2.30. The molecule has 1 aromatic heterocycles. The van der Waals surface area contributed by atoms with Gasteiger partial charge in [0.1, 0.15) is 17.1 Å². The highest BCUT2D eigenvalue weighted by atomic mass is 19.4. The standard InChI is InChI=1S/C14H11F3O3/c1-8-7-11(19-2)12(13(18)20-8)9-3-5-10(6-4-9)14(15,16)17/h3-7H,1-2H3. The highest BCUT2D eigenvalue weighted by Crippen LogP contribution is 2.32. The SMILES string of the molecule is COc1cc(C)oc(=O)c1-c1ccc(C(F)(F)F)cc1. The van der Waals surface area contributed by atoms with Crippen molar-refractivity contribution in [2.45, 2.75) is 13.1 Å². The molecule has 106 valence electrons. The van der Waals surface area contributed by atoms with E-state index >= 15 is 0 Å². The van der Waals surface area contributed by atoms with Crippen LogP contribution < -0.4 is 10.4 Å². The van der Waals surface area contributed by atoms with Crippen molar-refractivity contribution in [2.24, 2.45) is 0 Å². The second kappa shape index (κ2) is 5.03. The Bertz CT molecular complexity index is 670. The Morgan fingerprint density at radius 1 is 1.15 bits per heavy atom. The molecular formula is C14H11F3O3. The minimum absolute atomic E-state index is 0.104. The van der Waals surface area contributed by atoms with Crippen LogP contribution in [-0.2, 0) is 6.18 Å². The summed E-state index contributed by atoms with van der Waals surface area (Å²) in [5.41, 5.74) is -1.02. The number of rotatable bonds is 2. The van der Waals surface area contributed by atoms with E-state index in [-0.39, 0.29) is 11.3 Å². The van der Waals surface area contributed by atoms with Crippen LogP contribution in [0.15, 0.2) is 39.5 Å². The Morgan fingerprint density at radius 2 is 1.75 bits per heavy atom. The minimum atomic E-state index is -4.42. The Balaban J connectivity index is 2.55. The largest absolute Gasteiger partial charge is 0.496 e. The lowest BCUT2D eigenvalue weighted by Gasteiger charge is -2.10. The fourth-order valence-corrected chi connectivity index (χ4v) is 1.83. The molecule has 2 aromatic rings. The Morgan fingerprint density at radius 3 is 2.25 bits per heavy atom. The average molecular weight is 284 g/mol. The number of alkyl halides is 3. The predicted octanol–water partition coefficient (Wildman–Crippen LogP) is 3.64. The fraction of sp³-hybridized carbons (Fsp3) is 0.214. The molecule has 0 saturated heterocycles. The highest BCUT2D eigenvalue weighted by molar-refractivity contribution is 5.69. The van der Waals surface area contributed by atoms with Crippen LogP contribution in [0.3, 0.4) is 0 Å². The molecule has 20 heavy (non-hydrogen) atoms. The van der Waals surface area contributed by atoms with Crippen LogP contribution in [-0.4, -0.2) is 7.11 Å². The molecule has 0 saturated carbocycles. The summed E-state index contributed by atoms with van der Waals surface area (Å²) < 4.78 is 47.5. The first kappa shape index (κ1) is 14.2. The molecule has 0 bridgehead atoms. The van der Waals surface area contributed by atoms with Gasteiger partial charge in [0.25, 0.3) is 0 Å². The molecule has 0 radical (unpaired) electrons. The summed E-state index contributed by atoms with van der Waals surface area (Å²) in [5, 5.41) is 0. The molecule has 1 aromatic carbocycles. The summed E-state index contributed by atoms with van der Waals surface area (Å²) in [7, 11) is 1.38. The first-order chi connectivity index (χ1) is 9.32. The van der Waals surface area contributed by atoms with Crippen molar-refractivity contribution in [3.8, 4) is 16.9 Å². The van der Waals surface area contributed by atoms with E-state index in [1.54, 1.807) is 6.92 Å². The zero-order valence-electron chi connectivity index (χ0n) is 10.7. The zero-order chi connectivity index (χ0) is 14.9. The topological polar surface area (TPSA) is 39.4 Å². The van der Waals surface area contributed by atoms with Crippen LogP contribution in [0, 0.1) is 6.92 Å². The van der Waals surface area contributed by atoms with Gasteiger partial charge < -0.3 is 9.15 Å². The van der Waals surface area contributed by atoms with Gasteiger partial charge in [-0.2, -0.15) is 13.2 Å². The normalized spacial score (nSPS) is 11.4. The van der Waals surface area contributed by atoms with Gasteiger partial charge >= 0.3 is 11.8 Å². The van der Waals surface area contributed by atoms with Crippen molar-refractivity contribution in [3.63, 3.8) is 0 Å². The van der Waals surface area contributed by atoms with E-state index in [0.29, 0.717) is 11.3 Å². The first-order valence-electron chi connectivity index (χ1n) is 5.69. The molecule has 0 aliphatic heterocycles. The third-order valence-corrected chi connectivity index (χ3v) is 2.76. The number of aryl methyl sites for hydroxylation is 1. The third-order valence-electron chi connectivity index (χ3n) is 2.76. The molecule has 0 aliphatic rings. The van der Waals surface area contributed by atoms with Gasteiger partial charge in [-0.1, -0.05) is 12.1 Å². The van der Waals surface area contributed by atoms with Crippen LogP contribution in [0.2, 0.25) is 0 Å². The van der Waals surface area contributed by atoms with E-state index in [1.807, 2.05) is 0 Å². The molecule has 3 nitrogen and oxygen atoms in total. The van der Waals surface area contributed by atoms with E-state index in [0.717, 1.165) is 12.1 Å². The first-order valence-corrected chi connectivity index (χ1v) is 5.69. The second-order valence-electron chi connectivity index (χ2n) is 4.16. The van der Waals surface area contributed by atoms with E-state index in [4.69, 9.17) is 9.15 Å². The van der Waals surface area contributed by atoms with Crippen LogP contribution in [0.5, 0.6) is 5.75 Å². The molecule has 0 atom stereocenters. The zero-order valence-corrected chi connectivity index (χ0v) is 10.7. The lowest BCUT2D eigenvalue weighted by molar-refractivity contribution is -0.137. The van der Waals surface area contributed by atoms with Gasteiger partial charge in [0.15, 0.2) is 0 Å². The maximum absolute atomic E-state index is 12.5. The maximum atomic E-state index is 12.5. The van der Waals surface area contributed by atoms with Gasteiger partial charge in [0.2, 0.25) is 0 Å². The van der Waals surface area contributed by atoms with Gasteiger partial charge in [0, 0.05) is 6.07 Å². The van der Waals surface area contributed by atoms with Crippen molar-refractivity contribution in [3.05, 3.63) is 52.1 Å². The number of hydrogen-bond donors (Lipinski definition) is 0. The lowest BCUT2D eigenvalue weighted by atomic mass is 10.0. The fourth-order valence-electron chi connectivity index (χ4n) is 1.83. The number of methoxy groups -OCH3 is 1. The lowest BCUT2D eigenvalue weighted by Crippen LogP contribution is -2.07. The van der Waals surface area contributed by atoms with Gasteiger partial charge in [-0.3, -0.25) is 0 Å². The van der Waals surface area contributed by atoms with Crippen molar-refractivity contribution in [1.82, 2.24) is 0 Å². The smallest absolute Gasteiger partial charge is 0.416 e. The summed E-state index contributed by atoms with van der Waals surface area (Å²) >= 11 is 0. The minimum Gasteiger partial charge on any atom is -0.496 e. The molecule has 0 amide bonds. The molecule has 0 aliphatic carbocycles. The van der Waals surface area contributed by atoms with Crippen molar-refractivity contribution in [2.75, 3.05) is 7.11 Å². The van der Waals surface area contributed by atoms with Gasteiger partial charge in [-0.15, -0.1) is 0 Å². The van der Waals surface area contributed by atoms with E-state index < -0.39 is 17.4 Å². The Hall–Kier alpha value is -2.24. The summed E-state index contributed by atoms with van der Waals surface area (Å²) in [6.45, 7) is 1.58. The molecule has 0 unspecified atom stereocenters. The van der Waals surface area contributed by atoms with Gasteiger partial charge in [-0.05, 0) is 24.6 Å². The maximum Gasteiger partial charge on any atom is 0.416 e.